The summed E-state index contributed by atoms with van der Waals surface area (Å²) in [6.45, 7) is 8.83. The SMILES string of the molecule is COC(=O)c1ccc(/C=C/c2cc3c(cc2/C=C/c2ccc(C(=O)OC)cc2)C(C)(C)NC3(C)C)cc1. The molecule has 37 heavy (non-hydrogen) atoms. The number of nitrogens with one attached hydrogen (secondary N) is 1. The van der Waals surface area contributed by atoms with Crippen LogP contribution in [0.5, 0.6) is 0 Å². The Balaban J connectivity index is 1.72. The van der Waals surface area contributed by atoms with Gasteiger partial charge in [-0.3, -0.25) is 5.32 Å². The molecule has 3 aromatic rings. The molecule has 0 aliphatic carbocycles. The van der Waals surface area contributed by atoms with Crippen LogP contribution in [0.3, 0.4) is 0 Å². The number of carbonyl (C=O) groups excluding carboxylic acids is 2. The number of hydrogen-bond acceptors (Lipinski definition) is 5. The highest BCUT2D eigenvalue weighted by atomic mass is 16.5. The Bertz CT molecular complexity index is 1270. The summed E-state index contributed by atoms with van der Waals surface area (Å²) < 4.78 is 9.59. The van der Waals surface area contributed by atoms with Gasteiger partial charge < -0.3 is 9.47 Å². The van der Waals surface area contributed by atoms with E-state index in [4.69, 9.17) is 9.47 Å². The number of esters is 2. The molecular formula is C32H33NO4. The molecule has 0 unspecified atom stereocenters. The summed E-state index contributed by atoms with van der Waals surface area (Å²) in [4.78, 5) is 23.5. The molecule has 0 saturated heterocycles. The van der Waals surface area contributed by atoms with Crippen LogP contribution in [0.4, 0.5) is 0 Å². The highest BCUT2D eigenvalue weighted by Gasteiger charge is 2.41. The Morgan fingerprint density at radius 2 is 0.973 bits per heavy atom. The maximum Gasteiger partial charge on any atom is 0.337 e. The summed E-state index contributed by atoms with van der Waals surface area (Å²) in [5.74, 6) is -0.697. The van der Waals surface area contributed by atoms with Gasteiger partial charge in [0.1, 0.15) is 0 Å². The molecule has 1 aliphatic heterocycles. The second-order valence-corrected chi connectivity index (χ2v) is 10.3. The van der Waals surface area contributed by atoms with Gasteiger partial charge in [-0.15, -0.1) is 0 Å². The lowest BCUT2D eigenvalue weighted by molar-refractivity contribution is 0.0592. The third-order valence-electron chi connectivity index (χ3n) is 6.77. The number of benzene rings is 3. The van der Waals surface area contributed by atoms with E-state index in [-0.39, 0.29) is 23.0 Å². The van der Waals surface area contributed by atoms with Crippen molar-refractivity contribution in [2.45, 2.75) is 38.8 Å². The third kappa shape index (κ3) is 5.57. The summed E-state index contributed by atoms with van der Waals surface area (Å²) in [5, 5.41) is 3.75. The number of ether oxygens (including phenoxy) is 2. The molecule has 0 spiro atoms. The molecule has 0 saturated carbocycles. The average Bonchev–Trinajstić information content (AvgIpc) is 3.07. The number of hydrogen-bond donors (Lipinski definition) is 1. The van der Waals surface area contributed by atoms with Crippen molar-refractivity contribution in [2.75, 3.05) is 14.2 Å². The lowest BCUT2D eigenvalue weighted by atomic mass is 9.86. The average molecular weight is 496 g/mol. The van der Waals surface area contributed by atoms with Crippen molar-refractivity contribution < 1.29 is 19.1 Å². The van der Waals surface area contributed by atoms with Crippen LogP contribution in [-0.2, 0) is 20.6 Å². The van der Waals surface area contributed by atoms with E-state index in [2.05, 4.69) is 57.3 Å². The minimum atomic E-state index is -0.349. The van der Waals surface area contributed by atoms with E-state index in [1.54, 1.807) is 24.3 Å². The predicted molar refractivity (Wildman–Crippen MR) is 149 cm³/mol. The molecule has 1 N–H and O–H groups in total. The van der Waals surface area contributed by atoms with Gasteiger partial charge in [-0.05, 0) is 97.5 Å². The van der Waals surface area contributed by atoms with E-state index in [1.807, 2.05) is 36.4 Å². The fourth-order valence-electron chi connectivity index (χ4n) is 4.94. The van der Waals surface area contributed by atoms with Crippen molar-refractivity contribution in [1.82, 2.24) is 5.32 Å². The zero-order valence-corrected chi connectivity index (χ0v) is 22.2. The molecular weight excluding hydrogens is 462 g/mol. The molecule has 0 fully saturated rings. The van der Waals surface area contributed by atoms with Crippen molar-refractivity contribution in [2.24, 2.45) is 0 Å². The summed E-state index contributed by atoms with van der Waals surface area (Å²) >= 11 is 0. The van der Waals surface area contributed by atoms with Crippen LogP contribution in [-0.4, -0.2) is 26.2 Å². The summed E-state index contributed by atoms with van der Waals surface area (Å²) in [6, 6.07) is 19.2. The topological polar surface area (TPSA) is 64.6 Å². The summed E-state index contributed by atoms with van der Waals surface area (Å²) in [5.41, 5.74) is 7.43. The Morgan fingerprint density at radius 1 is 0.622 bits per heavy atom. The molecule has 4 rings (SSSR count). The van der Waals surface area contributed by atoms with Crippen molar-refractivity contribution in [3.8, 4) is 0 Å². The Kier molecular flexibility index (Phi) is 7.19. The Hall–Kier alpha value is -3.96. The Morgan fingerprint density at radius 3 is 1.30 bits per heavy atom. The second-order valence-electron chi connectivity index (χ2n) is 10.3. The van der Waals surface area contributed by atoms with Crippen LogP contribution >= 0.6 is 0 Å². The van der Waals surface area contributed by atoms with Gasteiger partial charge in [-0.1, -0.05) is 48.6 Å². The van der Waals surface area contributed by atoms with E-state index in [0.29, 0.717) is 11.1 Å². The van der Waals surface area contributed by atoms with Gasteiger partial charge >= 0.3 is 11.9 Å². The first-order valence-electron chi connectivity index (χ1n) is 12.3. The second kappa shape index (κ2) is 10.2. The fraction of sp³-hybridized carbons (Fsp3) is 0.250. The molecule has 0 amide bonds. The van der Waals surface area contributed by atoms with Gasteiger partial charge in [0.2, 0.25) is 0 Å². The molecule has 1 aliphatic rings. The van der Waals surface area contributed by atoms with Crippen LogP contribution in [0.15, 0.2) is 60.7 Å². The van der Waals surface area contributed by atoms with Gasteiger partial charge in [0.25, 0.3) is 0 Å². The van der Waals surface area contributed by atoms with Crippen LogP contribution in [0.1, 0.15) is 81.8 Å². The van der Waals surface area contributed by atoms with E-state index >= 15 is 0 Å². The highest BCUT2D eigenvalue weighted by Crippen LogP contribution is 2.42. The molecule has 5 heteroatoms. The van der Waals surface area contributed by atoms with Crippen molar-refractivity contribution >= 4 is 36.2 Å². The molecule has 3 aromatic carbocycles. The normalized spacial score (nSPS) is 15.6. The van der Waals surface area contributed by atoms with Crippen LogP contribution in [0.25, 0.3) is 24.3 Å². The lowest BCUT2D eigenvalue weighted by Crippen LogP contribution is -2.39. The molecule has 190 valence electrons. The third-order valence-corrected chi connectivity index (χ3v) is 6.77. The maximum absolute atomic E-state index is 11.8. The fourth-order valence-corrected chi connectivity index (χ4v) is 4.94. The molecule has 0 aromatic heterocycles. The molecule has 0 bridgehead atoms. The van der Waals surface area contributed by atoms with E-state index < -0.39 is 0 Å². The number of fused-ring (bicyclic) bond motifs is 1. The zero-order valence-electron chi connectivity index (χ0n) is 22.2. The van der Waals surface area contributed by atoms with E-state index in [9.17, 15) is 9.59 Å². The van der Waals surface area contributed by atoms with Gasteiger partial charge in [0, 0.05) is 11.1 Å². The largest absolute Gasteiger partial charge is 0.465 e. The van der Waals surface area contributed by atoms with Gasteiger partial charge in [0.15, 0.2) is 0 Å². The molecule has 1 heterocycles. The van der Waals surface area contributed by atoms with Gasteiger partial charge in [-0.25, -0.2) is 9.59 Å². The highest BCUT2D eigenvalue weighted by molar-refractivity contribution is 5.90. The van der Waals surface area contributed by atoms with E-state index in [1.165, 1.54) is 25.3 Å². The maximum atomic E-state index is 11.8. The Labute approximate surface area is 218 Å². The van der Waals surface area contributed by atoms with Crippen LogP contribution in [0.2, 0.25) is 0 Å². The first kappa shape index (κ1) is 26.1. The lowest BCUT2D eigenvalue weighted by Gasteiger charge is -2.25. The van der Waals surface area contributed by atoms with Crippen molar-refractivity contribution in [3.05, 3.63) is 105 Å². The predicted octanol–water partition coefficient (Wildman–Crippen LogP) is 6.67. The van der Waals surface area contributed by atoms with Crippen LogP contribution < -0.4 is 5.32 Å². The molecule has 0 radical (unpaired) electrons. The monoisotopic (exact) mass is 495 g/mol. The summed E-state index contributed by atoms with van der Waals surface area (Å²) in [7, 11) is 2.76. The zero-order chi connectivity index (χ0) is 26.8. The number of methoxy groups -OCH3 is 2. The first-order valence-corrected chi connectivity index (χ1v) is 12.3. The van der Waals surface area contributed by atoms with E-state index in [0.717, 1.165) is 22.3 Å². The smallest absolute Gasteiger partial charge is 0.337 e. The minimum Gasteiger partial charge on any atom is -0.465 e. The van der Waals surface area contributed by atoms with Crippen molar-refractivity contribution in [3.63, 3.8) is 0 Å². The summed E-state index contributed by atoms with van der Waals surface area (Å²) in [6.07, 6.45) is 8.31. The van der Waals surface area contributed by atoms with Gasteiger partial charge in [-0.2, -0.15) is 0 Å². The van der Waals surface area contributed by atoms with Crippen molar-refractivity contribution in [1.29, 1.82) is 0 Å². The number of carbonyl (C=O) groups is 2. The quantitative estimate of drug-likeness (QED) is 0.305. The number of rotatable bonds is 6. The standard InChI is InChI=1S/C32H33NO4/c1-31(2)27-19-25(17-11-21-7-13-23(14-8-21)29(34)36-5)26(20-28(27)32(3,4)33-31)18-12-22-9-15-24(16-10-22)30(35)37-6/h7-20,33H,1-6H3/b17-11+,18-12+. The van der Waals surface area contributed by atoms with Gasteiger partial charge in [0.05, 0.1) is 25.3 Å². The van der Waals surface area contributed by atoms with Crippen LogP contribution in [0, 0.1) is 0 Å². The first-order chi connectivity index (χ1) is 17.5. The molecule has 0 atom stereocenters. The molecule has 5 nitrogen and oxygen atoms in total. The minimum absolute atomic E-state index is 0.157.